The molecule has 0 aliphatic carbocycles. The van der Waals surface area contributed by atoms with E-state index >= 15 is 0 Å². The van der Waals surface area contributed by atoms with Crippen LogP contribution >= 0.6 is 15.9 Å². The summed E-state index contributed by atoms with van der Waals surface area (Å²) in [5, 5.41) is 3.52. The lowest BCUT2D eigenvalue weighted by molar-refractivity contribution is 0.568. The van der Waals surface area contributed by atoms with Crippen LogP contribution < -0.4 is 5.32 Å². The van der Waals surface area contributed by atoms with E-state index in [2.05, 4.69) is 58.3 Å². The van der Waals surface area contributed by atoms with Crippen molar-refractivity contribution >= 4 is 15.9 Å². The number of imidazole rings is 1. The van der Waals surface area contributed by atoms with Crippen molar-refractivity contribution < 1.29 is 0 Å². The van der Waals surface area contributed by atoms with Gasteiger partial charge in [-0.25, -0.2) is 4.98 Å². The molecule has 0 radical (unpaired) electrons. The quantitative estimate of drug-likeness (QED) is 0.913. The largest absolute Gasteiger partial charge is 0.310 e. The van der Waals surface area contributed by atoms with Crippen LogP contribution in [0.2, 0.25) is 0 Å². The third-order valence-corrected chi connectivity index (χ3v) is 3.43. The van der Waals surface area contributed by atoms with Crippen molar-refractivity contribution in [3.8, 4) is 5.69 Å². The topological polar surface area (TPSA) is 29.9 Å². The number of hydrogen-bond donors (Lipinski definition) is 1. The molecule has 0 fully saturated rings. The Morgan fingerprint density at radius 1 is 1.44 bits per heavy atom. The number of nitrogens with one attached hydrogen (secondary N) is 1. The molecule has 0 saturated carbocycles. The van der Waals surface area contributed by atoms with Gasteiger partial charge in [-0.15, -0.1) is 0 Å². The van der Waals surface area contributed by atoms with Crippen molar-refractivity contribution in [2.24, 2.45) is 0 Å². The molecular weight excluding hydrogens is 290 g/mol. The second kappa shape index (κ2) is 6.16. The van der Waals surface area contributed by atoms with Crippen molar-refractivity contribution in [2.75, 3.05) is 6.54 Å². The second-order valence-electron chi connectivity index (χ2n) is 4.35. The second-order valence-corrected chi connectivity index (χ2v) is 5.26. The number of hydrogen-bond acceptors (Lipinski definition) is 2. The SMILES string of the molecule is CCCNC(C)c1cc(Br)ccc1-n1ccnc1. The number of rotatable bonds is 5. The summed E-state index contributed by atoms with van der Waals surface area (Å²) in [4.78, 5) is 4.11. The highest BCUT2D eigenvalue weighted by Crippen LogP contribution is 2.25. The lowest BCUT2D eigenvalue weighted by Crippen LogP contribution is -2.20. The van der Waals surface area contributed by atoms with Gasteiger partial charge < -0.3 is 9.88 Å². The van der Waals surface area contributed by atoms with Crippen molar-refractivity contribution in [1.29, 1.82) is 0 Å². The third-order valence-electron chi connectivity index (χ3n) is 2.94. The Morgan fingerprint density at radius 3 is 2.94 bits per heavy atom. The smallest absolute Gasteiger partial charge is 0.0991 e. The van der Waals surface area contributed by atoms with E-state index in [9.17, 15) is 0 Å². The zero-order valence-corrected chi connectivity index (χ0v) is 12.3. The average molecular weight is 308 g/mol. The fourth-order valence-corrected chi connectivity index (χ4v) is 2.36. The summed E-state index contributed by atoms with van der Waals surface area (Å²) >= 11 is 3.54. The lowest BCUT2D eigenvalue weighted by atomic mass is 10.1. The summed E-state index contributed by atoms with van der Waals surface area (Å²) in [6.45, 7) is 5.40. The van der Waals surface area contributed by atoms with Crippen LogP contribution in [0.1, 0.15) is 31.9 Å². The molecule has 0 amide bonds. The monoisotopic (exact) mass is 307 g/mol. The van der Waals surface area contributed by atoms with Crippen molar-refractivity contribution in [1.82, 2.24) is 14.9 Å². The van der Waals surface area contributed by atoms with Crippen LogP contribution in [-0.2, 0) is 0 Å². The van der Waals surface area contributed by atoms with E-state index in [-0.39, 0.29) is 0 Å². The molecular formula is C14H18BrN3. The fraction of sp³-hybridized carbons (Fsp3) is 0.357. The molecule has 2 rings (SSSR count). The van der Waals surface area contributed by atoms with Crippen LogP contribution in [0.4, 0.5) is 0 Å². The summed E-state index contributed by atoms with van der Waals surface area (Å²) in [6, 6.07) is 6.67. The molecule has 1 aromatic carbocycles. The zero-order valence-electron chi connectivity index (χ0n) is 10.7. The molecule has 0 aliphatic rings. The Labute approximate surface area is 116 Å². The molecule has 1 aromatic heterocycles. The molecule has 3 nitrogen and oxygen atoms in total. The maximum atomic E-state index is 4.11. The predicted octanol–water partition coefficient (Wildman–Crippen LogP) is 3.70. The van der Waals surface area contributed by atoms with Gasteiger partial charge in [-0.2, -0.15) is 0 Å². The Hall–Kier alpha value is -1.13. The molecule has 0 saturated heterocycles. The molecule has 0 aliphatic heterocycles. The van der Waals surface area contributed by atoms with Crippen LogP contribution in [-0.4, -0.2) is 16.1 Å². The van der Waals surface area contributed by atoms with Crippen LogP contribution in [0.15, 0.2) is 41.4 Å². The van der Waals surface area contributed by atoms with Gasteiger partial charge in [-0.1, -0.05) is 22.9 Å². The van der Waals surface area contributed by atoms with E-state index in [0.717, 1.165) is 17.4 Å². The number of benzene rings is 1. The van der Waals surface area contributed by atoms with Gasteiger partial charge in [0.2, 0.25) is 0 Å². The van der Waals surface area contributed by atoms with Gasteiger partial charge in [0, 0.05) is 22.9 Å². The number of aromatic nitrogens is 2. The van der Waals surface area contributed by atoms with Gasteiger partial charge in [-0.05, 0) is 43.7 Å². The van der Waals surface area contributed by atoms with Crippen molar-refractivity contribution in [2.45, 2.75) is 26.3 Å². The molecule has 1 N–H and O–H groups in total. The summed E-state index contributed by atoms with van der Waals surface area (Å²) < 4.78 is 3.15. The highest BCUT2D eigenvalue weighted by atomic mass is 79.9. The summed E-state index contributed by atoms with van der Waals surface area (Å²) in [7, 11) is 0. The molecule has 1 unspecified atom stereocenters. The third kappa shape index (κ3) is 3.00. The zero-order chi connectivity index (χ0) is 13.0. The van der Waals surface area contributed by atoms with E-state index < -0.39 is 0 Å². The number of nitrogens with zero attached hydrogens (tertiary/aromatic N) is 2. The predicted molar refractivity (Wildman–Crippen MR) is 78.0 cm³/mol. The van der Waals surface area contributed by atoms with E-state index in [1.807, 2.05) is 17.1 Å². The Balaban J connectivity index is 2.35. The minimum Gasteiger partial charge on any atom is -0.310 e. The molecule has 4 heteroatoms. The molecule has 2 aromatic rings. The Kier molecular flexibility index (Phi) is 4.55. The highest BCUT2D eigenvalue weighted by molar-refractivity contribution is 9.10. The standard InChI is InChI=1S/C14H18BrN3/c1-3-6-17-11(2)13-9-12(15)4-5-14(13)18-8-7-16-10-18/h4-5,7-11,17H,3,6H2,1-2H3. The van der Waals surface area contributed by atoms with Gasteiger partial charge in [0.25, 0.3) is 0 Å². The lowest BCUT2D eigenvalue weighted by Gasteiger charge is -2.18. The van der Waals surface area contributed by atoms with Crippen molar-refractivity contribution in [3.63, 3.8) is 0 Å². The van der Waals surface area contributed by atoms with Gasteiger partial charge in [0.1, 0.15) is 0 Å². The first-order valence-electron chi connectivity index (χ1n) is 6.23. The van der Waals surface area contributed by atoms with Crippen LogP contribution in [0.3, 0.4) is 0 Å². The molecule has 1 atom stereocenters. The fourth-order valence-electron chi connectivity index (χ4n) is 1.98. The van der Waals surface area contributed by atoms with Crippen LogP contribution in [0.5, 0.6) is 0 Å². The first-order chi connectivity index (χ1) is 8.72. The molecule has 0 spiro atoms. The summed E-state index contributed by atoms with van der Waals surface area (Å²) in [5.74, 6) is 0. The maximum Gasteiger partial charge on any atom is 0.0991 e. The first kappa shape index (κ1) is 13.3. The van der Waals surface area contributed by atoms with E-state index in [0.29, 0.717) is 6.04 Å². The molecule has 18 heavy (non-hydrogen) atoms. The summed E-state index contributed by atoms with van der Waals surface area (Å²) in [6.07, 6.45) is 6.74. The maximum absolute atomic E-state index is 4.11. The first-order valence-corrected chi connectivity index (χ1v) is 7.03. The van der Waals surface area contributed by atoms with Gasteiger partial charge >= 0.3 is 0 Å². The highest BCUT2D eigenvalue weighted by Gasteiger charge is 2.11. The molecule has 0 bridgehead atoms. The van der Waals surface area contributed by atoms with Crippen LogP contribution in [0.25, 0.3) is 5.69 Å². The van der Waals surface area contributed by atoms with Gasteiger partial charge in [0.15, 0.2) is 0 Å². The minimum absolute atomic E-state index is 0.319. The van der Waals surface area contributed by atoms with Gasteiger partial charge in [-0.3, -0.25) is 0 Å². The van der Waals surface area contributed by atoms with Crippen LogP contribution in [0, 0.1) is 0 Å². The minimum atomic E-state index is 0.319. The van der Waals surface area contributed by atoms with E-state index in [1.54, 1.807) is 6.20 Å². The molecule has 96 valence electrons. The van der Waals surface area contributed by atoms with Crippen molar-refractivity contribution in [3.05, 3.63) is 47.0 Å². The number of halogens is 1. The van der Waals surface area contributed by atoms with E-state index in [1.165, 1.54) is 11.3 Å². The normalized spacial score (nSPS) is 12.6. The van der Waals surface area contributed by atoms with Gasteiger partial charge in [0.05, 0.1) is 12.0 Å². The summed E-state index contributed by atoms with van der Waals surface area (Å²) in [5.41, 5.74) is 2.45. The average Bonchev–Trinajstić information content (AvgIpc) is 2.89. The van der Waals surface area contributed by atoms with E-state index in [4.69, 9.17) is 0 Å². The Morgan fingerprint density at radius 2 is 2.28 bits per heavy atom. The Bertz CT molecular complexity index is 494. The molecule has 1 heterocycles.